The van der Waals surface area contributed by atoms with Gasteiger partial charge in [0.25, 0.3) is 0 Å². The maximum absolute atomic E-state index is 10.1. The van der Waals surface area contributed by atoms with Gasteiger partial charge in [0, 0.05) is 0 Å². The minimum atomic E-state index is -1.76. The highest BCUT2D eigenvalue weighted by Gasteiger charge is 2.48. The molecule has 0 aliphatic carbocycles. The SMILES string of the molecule is OC1CO[C@H](C(O)C(O)[C@H]2OCC(O)[C@@H](O)[C@@H]2O)[C@@H](O)[C@@H]1O. The topological polar surface area (TPSA) is 180 Å². The highest BCUT2D eigenvalue weighted by atomic mass is 16.6. The van der Waals surface area contributed by atoms with Gasteiger partial charge in [-0.1, -0.05) is 0 Å². The van der Waals surface area contributed by atoms with Gasteiger partial charge in [0.15, 0.2) is 0 Å². The number of hydrogen-bond acceptors (Lipinski definition) is 10. The van der Waals surface area contributed by atoms with E-state index < -0.39 is 61.0 Å². The lowest BCUT2D eigenvalue weighted by atomic mass is 9.88. The van der Waals surface area contributed by atoms with E-state index in [1.165, 1.54) is 0 Å². The van der Waals surface area contributed by atoms with E-state index in [0.717, 1.165) is 0 Å². The molecule has 2 rings (SSSR count). The van der Waals surface area contributed by atoms with Crippen LogP contribution in [0.5, 0.6) is 0 Å². The summed E-state index contributed by atoms with van der Waals surface area (Å²) in [4.78, 5) is 0. The molecule has 2 heterocycles. The van der Waals surface area contributed by atoms with Crippen molar-refractivity contribution in [2.75, 3.05) is 13.2 Å². The van der Waals surface area contributed by atoms with Crippen LogP contribution in [0.25, 0.3) is 0 Å². The summed E-state index contributed by atoms with van der Waals surface area (Å²) in [6.45, 7) is -0.718. The summed E-state index contributed by atoms with van der Waals surface area (Å²) in [5.41, 5.74) is 0. The Morgan fingerprint density at radius 3 is 1.23 bits per heavy atom. The van der Waals surface area contributed by atoms with Crippen LogP contribution < -0.4 is 0 Å². The predicted molar refractivity (Wildman–Crippen MR) is 67.5 cm³/mol. The molecule has 22 heavy (non-hydrogen) atoms. The highest BCUT2D eigenvalue weighted by Crippen LogP contribution is 2.25. The Labute approximate surface area is 125 Å². The fraction of sp³-hybridized carbons (Fsp3) is 1.00. The fourth-order valence-electron chi connectivity index (χ4n) is 2.65. The zero-order chi connectivity index (χ0) is 16.6. The van der Waals surface area contributed by atoms with Gasteiger partial charge >= 0.3 is 0 Å². The molecule has 0 aromatic rings. The lowest BCUT2D eigenvalue weighted by molar-refractivity contribution is -0.254. The van der Waals surface area contributed by atoms with Crippen LogP contribution in [0.1, 0.15) is 0 Å². The van der Waals surface area contributed by atoms with Crippen LogP contribution in [0.2, 0.25) is 0 Å². The molecule has 130 valence electrons. The Bertz CT molecular complexity index is 334. The third-order valence-corrected chi connectivity index (χ3v) is 4.10. The molecule has 2 aliphatic rings. The van der Waals surface area contributed by atoms with E-state index in [0.29, 0.717) is 0 Å². The third-order valence-electron chi connectivity index (χ3n) is 4.10. The smallest absolute Gasteiger partial charge is 0.115 e. The molecule has 2 aliphatic heterocycles. The summed E-state index contributed by atoms with van der Waals surface area (Å²) in [5, 5.41) is 77.5. The minimum Gasteiger partial charge on any atom is -0.388 e. The monoisotopic (exact) mass is 326 g/mol. The van der Waals surface area contributed by atoms with Crippen molar-refractivity contribution in [1.29, 1.82) is 0 Å². The largest absolute Gasteiger partial charge is 0.388 e. The standard InChI is InChI=1S/C12H22O10/c13-3-1-21-11(7(17)5(3)15)9(19)10(20)12-8(18)6(16)4(14)2-22-12/h3-20H,1-2H2/t3?,4?,5-,6-,7+,8+,9?,10?,11+,12+/m1/s1. The molecule has 10 nitrogen and oxygen atoms in total. The third kappa shape index (κ3) is 3.26. The number of aliphatic hydroxyl groups excluding tert-OH is 8. The van der Waals surface area contributed by atoms with E-state index in [9.17, 15) is 40.9 Å². The van der Waals surface area contributed by atoms with Crippen molar-refractivity contribution >= 4 is 0 Å². The maximum Gasteiger partial charge on any atom is 0.115 e. The van der Waals surface area contributed by atoms with Crippen LogP contribution in [0.4, 0.5) is 0 Å². The van der Waals surface area contributed by atoms with Crippen LogP contribution in [0, 0.1) is 0 Å². The molecule has 0 spiro atoms. The summed E-state index contributed by atoms with van der Waals surface area (Å²) in [7, 11) is 0. The maximum atomic E-state index is 10.1. The van der Waals surface area contributed by atoms with Gasteiger partial charge in [-0.3, -0.25) is 0 Å². The van der Waals surface area contributed by atoms with Crippen molar-refractivity contribution in [3.8, 4) is 0 Å². The van der Waals surface area contributed by atoms with Crippen molar-refractivity contribution in [1.82, 2.24) is 0 Å². The Morgan fingerprint density at radius 1 is 0.591 bits per heavy atom. The molecule has 0 aromatic carbocycles. The van der Waals surface area contributed by atoms with Gasteiger partial charge in [-0.05, 0) is 0 Å². The number of hydrogen-bond donors (Lipinski definition) is 8. The van der Waals surface area contributed by atoms with Gasteiger partial charge in [-0.25, -0.2) is 0 Å². The van der Waals surface area contributed by atoms with Crippen molar-refractivity contribution in [2.45, 2.75) is 61.0 Å². The van der Waals surface area contributed by atoms with Gasteiger partial charge in [0.05, 0.1) is 13.2 Å². The average Bonchev–Trinajstić information content (AvgIpc) is 2.49. The Kier molecular flexibility index (Phi) is 5.72. The van der Waals surface area contributed by atoms with Crippen molar-refractivity contribution in [3.63, 3.8) is 0 Å². The first-order valence-corrected chi connectivity index (χ1v) is 6.93. The molecule has 0 saturated carbocycles. The zero-order valence-electron chi connectivity index (χ0n) is 11.6. The first kappa shape index (κ1) is 17.9. The van der Waals surface area contributed by atoms with Gasteiger partial charge in [0.1, 0.15) is 61.0 Å². The number of ether oxygens (including phenoxy) is 2. The van der Waals surface area contributed by atoms with Crippen LogP contribution in [0.15, 0.2) is 0 Å². The number of rotatable bonds is 3. The molecular weight excluding hydrogens is 304 g/mol. The van der Waals surface area contributed by atoms with Gasteiger partial charge in [-0.2, -0.15) is 0 Å². The molecule has 8 N–H and O–H groups in total. The fourth-order valence-corrected chi connectivity index (χ4v) is 2.65. The van der Waals surface area contributed by atoms with E-state index in [2.05, 4.69) is 0 Å². The van der Waals surface area contributed by atoms with E-state index >= 15 is 0 Å². The summed E-state index contributed by atoms with van der Waals surface area (Å²) in [5.74, 6) is 0. The molecular formula is C12H22O10. The molecule has 0 aromatic heterocycles. The Hall–Kier alpha value is -0.400. The second-order valence-corrected chi connectivity index (χ2v) is 5.67. The highest BCUT2D eigenvalue weighted by molar-refractivity contribution is 4.98. The van der Waals surface area contributed by atoms with Gasteiger partial charge < -0.3 is 50.3 Å². The van der Waals surface area contributed by atoms with Crippen molar-refractivity contribution < 1.29 is 50.3 Å². The molecule has 2 saturated heterocycles. The molecule has 4 unspecified atom stereocenters. The summed E-state index contributed by atoms with van der Waals surface area (Å²) < 4.78 is 10.0. The van der Waals surface area contributed by atoms with E-state index in [-0.39, 0.29) is 13.2 Å². The average molecular weight is 326 g/mol. The molecule has 0 bridgehead atoms. The summed E-state index contributed by atoms with van der Waals surface area (Å²) >= 11 is 0. The van der Waals surface area contributed by atoms with Crippen molar-refractivity contribution in [3.05, 3.63) is 0 Å². The summed E-state index contributed by atoms with van der Waals surface area (Å²) in [6, 6.07) is 0. The van der Waals surface area contributed by atoms with Crippen LogP contribution in [0.3, 0.4) is 0 Å². The number of aliphatic hydroxyl groups is 8. The molecule has 0 radical (unpaired) electrons. The van der Waals surface area contributed by atoms with E-state index in [1.807, 2.05) is 0 Å². The second kappa shape index (κ2) is 7.01. The van der Waals surface area contributed by atoms with E-state index in [1.54, 1.807) is 0 Å². The van der Waals surface area contributed by atoms with Gasteiger partial charge in [-0.15, -0.1) is 0 Å². The van der Waals surface area contributed by atoms with E-state index in [4.69, 9.17) is 9.47 Å². The van der Waals surface area contributed by atoms with Crippen LogP contribution in [-0.4, -0.2) is 115 Å². The Balaban J connectivity index is 2.04. The first-order valence-electron chi connectivity index (χ1n) is 6.93. The van der Waals surface area contributed by atoms with Crippen LogP contribution in [-0.2, 0) is 9.47 Å². The molecule has 0 amide bonds. The van der Waals surface area contributed by atoms with Crippen LogP contribution >= 0.6 is 0 Å². The zero-order valence-corrected chi connectivity index (χ0v) is 11.6. The van der Waals surface area contributed by atoms with Gasteiger partial charge in [0.2, 0.25) is 0 Å². The quantitative estimate of drug-likeness (QED) is 0.249. The molecule has 2 fully saturated rings. The second-order valence-electron chi connectivity index (χ2n) is 5.67. The van der Waals surface area contributed by atoms with Crippen molar-refractivity contribution in [2.24, 2.45) is 0 Å². The Morgan fingerprint density at radius 2 is 0.909 bits per heavy atom. The summed E-state index contributed by atoms with van der Waals surface area (Å²) in [6.07, 6.45) is -15.5. The normalized spacial score (nSPS) is 49.6. The molecule has 10 atom stereocenters. The lowest BCUT2D eigenvalue weighted by Gasteiger charge is -2.42. The minimum absolute atomic E-state index is 0.359. The molecule has 10 heteroatoms. The predicted octanol–water partition coefficient (Wildman–Crippen LogP) is -5.33. The first-order chi connectivity index (χ1) is 10.3. The lowest BCUT2D eigenvalue weighted by Crippen LogP contribution is -2.64.